The minimum atomic E-state index is -0.384. The summed E-state index contributed by atoms with van der Waals surface area (Å²) in [4.78, 5) is 23.0. The van der Waals surface area contributed by atoms with Crippen LogP contribution in [0.4, 0.5) is 5.69 Å². The lowest BCUT2D eigenvalue weighted by Gasteiger charge is -2.06. The van der Waals surface area contributed by atoms with Crippen LogP contribution >= 0.6 is 0 Å². The molecular formula is C19H20N2O3. The van der Waals surface area contributed by atoms with E-state index in [9.17, 15) is 9.59 Å². The molecule has 0 bridgehead atoms. The maximum atomic E-state index is 12.1. The number of amides is 2. The van der Waals surface area contributed by atoms with E-state index in [1.54, 1.807) is 37.5 Å². The number of rotatable bonds is 6. The Morgan fingerprint density at radius 1 is 1.08 bits per heavy atom. The molecule has 0 fully saturated rings. The molecule has 0 spiro atoms. The minimum Gasteiger partial charge on any atom is -0.497 e. The lowest BCUT2D eigenvalue weighted by atomic mass is 10.1. The van der Waals surface area contributed by atoms with Gasteiger partial charge in [-0.2, -0.15) is 0 Å². The largest absolute Gasteiger partial charge is 0.497 e. The predicted octanol–water partition coefficient (Wildman–Crippen LogP) is 2.77. The molecule has 0 radical (unpaired) electrons. The average molecular weight is 324 g/mol. The first-order chi connectivity index (χ1) is 11.5. The molecule has 124 valence electrons. The molecule has 0 saturated heterocycles. The molecule has 0 heterocycles. The molecule has 5 nitrogen and oxygen atoms in total. The number of primary amides is 1. The predicted molar refractivity (Wildman–Crippen MR) is 94.6 cm³/mol. The maximum Gasteiger partial charge on any atom is 0.248 e. The Hall–Kier alpha value is -3.08. The van der Waals surface area contributed by atoms with Crippen LogP contribution in [0.2, 0.25) is 0 Å². The molecule has 2 rings (SSSR count). The van der Waals surface area contributed by atoms with Crippen molar-refractivity contribution in [3.05, 3.63) is 65.7 Å². The number of nitrogens with one attached hydrogen (secondary N) is 1. The molecule has 0 aliphatic rings. The lowest BCUT2D eigenvalue weighted by Crippen LogP contribution is -2.13. The van der Waals surface area contributed by atoms with Crippen molar-refractivity contribution in [2.24, 2.45) is 5.73 Å². The number of anilines is 1. The minimum absolute atomic E-state index is 0.185. The van der Waals surface area contributed by atoms with Gasteiger partial charge >= 0.3 is 0 Å². The van der Waals surface area contributed by atoms with Crippen molar-refractivity contribution in [2.45, 2.75) is 13.3 Å². The molecule has 2 aromatic rings. The van der Waals surface area contributed by atoms with Gasteiger partial charge in [-0.3, -0.25) is 9.59 Å². The van der Waals surface area contributed by atoms with Gasteiger partial charge in [-0.25, -0.2) is 0 Å². The molecule has 3 N–H and O–H groups in total. The third kappa shape index (κ3) is 4.98. The highest BCUT2D eigenvalue weighted by atomic mass is 16.5. The van der Waals surface area contributed by atoms with E-state index in [0.29, 0.717) is 5.69 Å². The Bertz CT molecular complexity index is 747. The fraction of sp³-hybridized carbons (Fsp3) is 0.158. The highest BCUT2D eigenvalue weighted by Crippen LogP contribution is 2.18. The molecule has 24 heavy (non-hydrogen) atoms. The van der Waals surface area contributed by atoms with Crippen LogP contribution < -0.4 is 15.8 Å². The lowest BCUT2D eigenvalue weighted by molar-refractivity contribution is -0.117. The Morgan fingerprint density at radius 2 is 1.71 bits per heavy atom. The summed E-state index contributed by atoms with van der Waals surface area (Å²) in [5.41, 5.74) is 8.41. The van der Waals surface area contributed by atoms with Crippen LogP contribution in [0, 0.1) is 0 Å². The first-order valence-corrected chi connectivity index (χ1v) is 7.49. The first-order valence-electron chi connectivity index (χ1n) is 7.49. The molecule has 0 aliphatic carbocycles. The van der Waals surface area contributed by atoms with Gasteiger partial charge in [0.1, 0.15) is 5.75 Å². The molecule has 0 saturated carbocycles. The summed E-state index contributed by atoms with van der Waals surface area (Å²) in [6, 6.07) is 14.5. The Morgan fingerprint density at radius 3 is 2.25 bits per heavy atom. The number of carbonyl (C=O) groups excluding carboxylic acids is 2. The summed E-state index contributed by atoms with van der Waals surface area (Å²) in [5, 5.41) is 2.79. The van der Waals surface area contributed by atoms with E-state index < -0.39 is 0 Å². The number of methoxy groups -OCH3 is 1. The van der Waals surface area contributed by atoms with E-state index in [1.165, 1.54) is 0 Å². The fourth-order valence-corrected chi connectivity index (χ4v) is 2.22. The van der Waals surface area contributed by atoms with Gasteiger partial charge in [0, 0.05) is 11.8 Å². The second kappa shape index (κ2) is 7.97. The van der Waals surface area contributed by atoms with E-state index in [4.69, 9.17) is 10.5 Å². The van der Waals surface area contributed by atoms with E-state index in [-0.39, 0.29) is 18.2 Å². The van der Waals surface area contributed by atoms with Crippen LogP contribution in [0.5, 0.6) is 5.75 Å². The van der Waals surface area contributed by atoms with Crippen molar-refractivity contribution in [2.75, 3.05) is 12.4 Å². The summed E-state index contributed by atoms with van der Waals surface area (Å²) in [6.07, 6.45) is 1.73. The SMILES string of the molecule is COc1ccc(C(C)=CC(=O)Nc2ccc(CC(N)=O)cc2)cc1. The molecular weight excluding hydrogens is 304 g/mol. The van der Waals surface area contributed by atoms with E-state index in [2.05, 4.69) is 5.32 Å². The van der Waals surface area contributed by atoms with Crippen LogP contribution in [0.15, 0.2) is 54.6 Å². The molecule has 0 unspecified atom stereocenters. The topological polar surface area (TPSA) is 81.4 Å². The summed E-state index contributed by atoms with van der Waals surface area (Å²) in [6.45, 7) is 1.87. The number of nitrogens with two attached hydrogens (primary N) is 1. The second-order valence-electron chi connectivity index (χ2n) is 5.39. The summed E-state index contributed by atoms with van der Waals surface area (Å²) in [7, 11) is 1.61. The molecule has 5 heteroatoms. The van der Waals surface area contributed by atoms with Gasteiger partial charge in [-0.05, 0) is 47.9 Å². The molecule has 2 aromatic carbocycles. The Balaban J connectivity index is 2.01. The summed E-state index contributed by atoms with van der Waals surface area (Å²) in [5.74, 6) is 0.169. The highest BCUT2D eigenvalue weighted by molar-refractivity contribution is 6.03. The third-order valence-corrected chi connectivity index (χ3v) is 3.49. The van der Waals surface area contributed by atoms with E-state index >= 15 is 0 Å². The van der Waals surface area contributed by atoms with E-state index in [1.807, 2.05) is 31.2 Å². The normalized spacial score (nSPS) is 11.0. The van der Waals surface area contributed by atoms with Crippen molar-refractivity contribution >= 4 is 23.1 Å². The van der Waals surface area contributed by atoms with Gasteiger partial charge in [0.2, 0.25) is 11.8 Å². The standard InChI is InChI=1S/C19H20N2O3/c1-13(15-5-9-17(24-2)10-6-15)11-19(23)21-16-7-3-14(4-8-16)12-18(20)22/h3-11H,12H2,1-2H3,(H2,20,22)(H,21,23). The van der Waals surface area contributed by atoms with Crippen molar-refractivity contribution in [3.8, 4) is 5.75 Å². The Labute approximate surface area is 141 Å². The smallest absolute Gasteiger partial charge is 0.248 e. The number of benzene rings is 2. The number of hydrogen-bond donors (Lipinski definition) is 2. The third-order valence-electron chi connectivity index (χ3n) is 3.49. The summed E-state index contributed by atoms with van der Waals surface area (Å²) >= 11 is 0. The number of hydrogen-bond acceptors (Lipinski definition) is 3. The van der Waals surface area contributed by atoms with Crippen LogP contribution in [-0.2, 0) is 16.0 Å². The van der Waals surface area contributed by atoms with Crippen molar-refractivity contribution in [1.82, 2.24) is 0 Å². The molecule has 0 aromatic heterocycles. The number of ether oxygens (including phenoxy) is 1. The quantitative estimate of drug-likeness (QED) is 0.802. The molecule has 0 atom stereocenters. The van der Waals surface area contributed by atoms with Gasteiger partial charge in [0.25, 0.3) is 0 Å². The van der Waals surface area contributed by atoms with Gasteiger partial charge in [0.15, 0.2) is 0 Å². The van der Waals surface area contributed by atoms with Crippen molar-refractivity contribution in [1.29, 1.82) is 0 Å². The first kappa shape index (κ1) is 17.3. The van der Waals surface area contributed by atoms with Crippen LogP contribution in [0.1, 0.15) is 18.1 Å². The molecule has 0 aliphatic heterocycles. The monoisotopic (exact) mass is 324 g/mol. The van der Waals surface area contributed by atoms with Gasteiger partial charge in [0.05, 0.1) is 13.5 Å². The van der Waals surface area contributed by atoms with Crippen LogP contribution in [-0.4, -0.2) is 18.9 Å². The molecule has 2 amide bonds. The van der Waals surface area contributed by atoms with Gasteiger partial charge in [-0.15, -0.1) is 0 Å². The zero-order valence-electron chi connectivity index (χ0n) is 13.7. The van der Waals surface area contributed by atoms with Crippen molar-refractivity contribution < 1.29 is 14.3 Å². The average Bonchev–Trinajstić information content (AvgIpc) is 2.56. The highest BCUT2D eigenvalue weighted by Gasteiger charge is 2.03. The van der Waals surface area contributed by atoms with Crippen LogP contribution in [0.25, 0.3) is 5.57 Å². The zero-order valence-corrected chi connectivity index (χ0v) is 13.7. The van der Waals surface area contributed by atoms with E-state index in [0.717, 1.165) is 22.4 Å². The zero-order chi connectivity index (χ0) is 17.5. The summed E-state index contributed by atoms with van der Waals surface area (Å²) < 4.78 is 5.11. The fourth-order valence-electron chi connectivity index (χ4n) is 2.22. The van der Waals surface area contributed by atoms with Gasteiger partial charge < -0.3 is 15.8 Å². The number of carbonyl (C=O) groups is 2. The van der Waals surface area contributed by atoms with Crippen molar-refractivity contribution in [3.63, 3.8) is 0 Å². The number of allylic oxidation sites excluding steroid dienone is 1. The Kier molecular flexibility index (Phi) is 5.73. The second-order valence-corrected chi connectivity index (χ2v) is 5.39. The van der Waals surface area contributed by atoms with Gasteiger partial charge in [-0.1, -0.05) is 24.3 Å². The maximum absolute atomic E-state index is 12.1. The van der Waals surface area contributed by atoms with Crippen LogP contribution in [0.3, 0.4) is 0 Å².